The lowest BCUT2D eigenvalue weighted by Gasteiger charge is -2.26. The summed E-state index contributed by atoms with van der Waals surface area (Å²) in [7, 11) is 1.25. The van der Waals surface area contributed by atoms with Crippen molar-refractivity contribution in [2.45, 2.75) is 13.5 Å². The van der Waals surface area contributed by atoms with Crippen molar-refractivity contribution < 1.29 is 33.4 Å². The van der Waals surface area contributed by atoms with E-state index >= 15 is 0 Å². The molecule has 1 aliphatic heterocycles. The first-order chi connectivity index (χ1) is 18.7. The van der Waals surface area contributed by atoms with Crippen molar-refractivity contribution in [3.63, 3.8) is 0 Å². The molecule has 1 saturated heterocycles. The molecule has 0 atom stereocenters. The number of ether oxygens (including phenoxy) is 3. The molecule has 9 nitrogen and oxygen atoms in total. The van der Waals surface area contributed by atoms with Crippen LogP contribution in [-0.2, 0) is 20.9 Å². The monoisotopic (exact) mass is 656 g/mol. The van der Waals surface area contributed by atoms with Gasteiger partial charge in [0, 0.05) is 4.47 Å². The summed E-state index contributed by atoms with van der Waals surface area (Å²) in [6, 6.07) is 15.8. The van der Waals surface area contributed by atoms with Gasteiger partial charge in [-0.3, -0.25) is 14.9 Å². The Morgan fingerprint density at radius 2 is 1.67 bits per heavy atom. The molecule has 1 N–H and O–H groups in total. The molecule has 0 radical (unpaired) electrons. The van der Waals surface area contributed by atoms with Crippen LogP contribution in [0.15, 0.2) is 75.2 Å². The molecular weight excluding hydrogens is 636 g/mol. The van der Waals surface area contributed by atoms with E-state index in [1.54, 1.807) is 12.1 Å². The second-order valence-corrected chi connectivity index (χ2v) is 9.94. The summed E-state index contributed by atoms with van der Waals surface area (Å²) in [4.78, 5) is 51.0. The predicted octanol–water partition coefficient (Wildman–Crippen LogP) is 5.64. The molecule has 39 heavy (non-hydrogen) atoms. The van der Waals surface area contributed by atoms with Crippen LogP contribution in [-0.4, -0.2) is 37.5 Å². The van der Waals surface area contributed by atoms with E-state index in [1.165, 1.54) is 37.5 Å². The summed E-state index contributed by atoms with van der Waals surface area (Å²) >= 11 is 6.91. The summed E-state index contributed by atoms with van der Waals surface area (Å²) in [6.45, 7) is 2.47. The zero-order valence-corrected chi connectivity index (χ0v) is 24.0. The van der Waals surface area contributed by atoms with E-state index in [0.717, 1.165) is 14.9 Å². The molecule has 3 aromatic carbocycles. The lowest BCUT2D eigenvalue weighted by molar-refractivity contribution is -0.122. The number of amides is 4. The zero-order chi connectivity index (χ0) is 28.1. The van der Waals surface area contributed by atoms with Crippen LogP contribution in [0.1, 0.15) is 28.4 Å². The Kier molecular flexibility index (Phi) is 8.82. The average Bonchev–Trinajstić information content (AvgIpc) is 2.91. The number of carbonyl (C=O) groups is 4. The van der Waals surface area contributed by atoms with Crippen molar-refractivity contribution in [1.82, 2.24) is 5.32 Å². The summed E-state index contributed by atoms with van der Waals surface area (Å²) < 4.78 is 18.0. The number of carbonyl (C=O) groups excluding carboxylic acids is 4. The van der Waals surface area contributed by atoms with Crippen molar-refractivity contribution in [2.24, 2.45) is 0 Å². The number of nitrogens with zero attached hydrogens (tertiary/aromatic N) is 1. The Morgan fingerprint density at radius 3 is 2.31 bits per heavy atom. The second kappa shape index (κ2) is 12.3. The van der Waals surface area contributed by atoms with Gasteiger partial charge in [-0.1, -0.05) is 28.1 Å². The molecule has 0 unspecified atom stereocenters. The molecule has 0 spiro atoms. The van der Waals surface area contributed by atoms with Crippen molar-refractivity contribution >= 4 is 67.4 Å². The minimum Gasteiger partial charge on any atom is -0.490 e. The fraction of sp³-hybridized carbons (Fsp3) is 0.143. The van der Waals surface area contributed by atoms with Gasteiger partial charge in [-0.25, -0.2) is 14.5 Å². The van der Waals surface area contributed by atoms with E-state index in [-0.39, 0.29) is 16.8 Å². The first-order valence-electron chi connectivity index (χ1n) is 11.6. The number of halogens is 2. The van der Waals surface area contributed by atoms with Gasteiger partial charge in [0.1, 0.15) is 12.2 Å². The van der Waals surface area contributed by atoms with Gasteiger partial charge in [0.15, 0.2) is 11.5 Å². The normalized spacial score (nSPS) is 14.3. The van der Waals surface area contributed by atoms with Gasteiger partial charge in [0.25, 0.3) is 11.8 Å². The number of rotatable bonds is 8. The highest BCUT2D eigenvalue weighted by atomic mass is 79.9. The number of esters is 1. The van der Waals surface area contributed by atoms with Crippen LogP contribution in [0, 0.1) is 0 Å². The quantitative estimate of drug-likeness (QED) is 0.190. The predicted molar refractivity (Wildman–Crippen MR) is 151 cm³/mol. The van der Waals surface area contributed by atoms with Gasteiger partial charge in [-0.15, -0.1) is 0 Å². The van der Waals surface area contributed by atoms with E-state index in [1.807, 2.05) is 31.2 Å². The fourth-order valence-corrected chi connectivity index (χ4v) is 4.57. The number of benzene rings is 3. The van der Waals surface area contributed by atoms with E-state index in [0.29, 0.717) is 34.7 Å². The minimum atomic E-state index is -0.902. The maximum atomic E-state index is 13.3. The smallest absolute Gasteiger partial charge is 0.337 e. The topological polar surface area (TPSA) is 111 Å². The molecule has 1 fully saturated rings. The van der Waals surface area contributed by atoms with Crippen LogP contribution in [0.3, 0.4) is 0 Å². The maximum absolute atomic E-state index is 13.3. The van der Waals surface area contributed by atoms with Gasteiger partial charge >= 0.3 is 12.0 Å². The largest absolute Gasteiger partial charge is 0.490 e. The van der Waals surface area contributed by atoms with Gasteiger partial charge in [0.2, 0.25) is 0 Å². The number of urea groups is 1. The molecule has 4 amide bonds. The molecular formula is C28H22Br2N2O7. The number of methoxy groups -OCH3 is 1. The summed E-state index contributed by atoms with van der Waals surface area (Å²) in [5.41, 5.74) is 1.58. The van der Waals surface area contributed by atoms with Crippen LogP contribution in [0.5, 0.6) is 11.5 Å². The molecule has 11 heteroatoms. The molecule has 0 bridgehead atoms. The van der Waals surface area contributed by atoms with Crippen LogP contribution in [0.4, 0.5) is 10.5 Å². The van der Waals surface area contributed by atoms with E-state index in [9.17, 15) is 19.2 Å². The molecule has 4 rings (SSSR count). The van der Waals surface area contributed by atoms with Crippen LogP contribution >= 0.6 is 31.9 Å². The maximum Gasteiger partial charge on any atom is 0.337 e. The van der Waals surface area contributed by atoms with Gasteiger partial charge < -0.3 is 14.2 Å². The van der Waals surface area contributed by atoms with Crippen LogP contribution in [0.2, 0.25) is 0 Å². The molecule has 200 valence electrons. The Bertz CT molecular complexity index is 1470. The van der Waals surface area contributed by atoms with Crippen LogP contribution in [0.25, 0.3) is 6.08 Å². The molecule has 3 aromatic rings. The third kappa shape index (κ3) is 6.37. The third-order valence-corrected chi connectivity index (χ3v) is 6.71. The molecule has 0 aliphatic carbocycles. The van der Waals surface area contributed by atoms with Gasteiger partial charge in [0.05, 0.1) is 29.4 Å². The van der Waals surface area contributed by atoms with E-state index in [4.69, 9.17) is 9.47 Å². The van der Waals surface area contributed by atoms with Crippen molar-refractivity contribution in [3.8, 4) is 11.5 Å². The number of hydrogen-bond donors (Lipinski definition) is 1. The Labute approximate surface area is 241 Å². The molecule has 1 aliphatic rings. The number of hydrogen-bond acceptors (Lipinski definition) is 7. The summed E-state index contributed by atoms with van der Waals surface area (Å²) in [6.07, 6.45) is 1.37. The van der Waals surface area contributed by atoms with Gasteiger partial charge in [-0.05, 0) is 88.6 Å². The SMILES string of the molecule is CCOc1cc(/C=C2\C(=O)NC(=O)N(c3ccc(C(=O)OC)cc3)C2=O)cc(Br)c1OCc1ccc(Br)cc1. The summed E-state index contributed by atoms with van der Waals surface area (Å²) in [5.74, 6) is -1.35. The lowest BCUT2D eigenvalue weighted by Crippen LogP contribution is -2.54. The highest BCUT2D eigenvalue weighted by molar-refractivity contribution is 9.10. The number of anilines is 1. The first-order valence-corrected chi connectivity index (χ1v) is 13.2. The number of nitrogens with one attached hydrogen (secondary N) is 1. The Hall–Kier alpha value is -3.96. The highest BCUT2D eigenvalue weighted by Crippen LogP contribution is 2.38. The highest BCUT2D eigenvalue weighted by Gasteiger charge is 2.37. The van der Waals surface area contributed by atoms with Crippen LogP contribution < -0.4 is 19.7 Å². The Balaban J connectivity index is 1.63. The van der Waals surface area contributed by atoms with E-state index in [2.05, 4.69) is 41.9 Å². The fourth-order valence-electron chi connectivity index (χ4n) is 3.73. The average molecular weight is 658 g/mol. The van der Waals surface area contributed by atoms with Crippen molar-refractivity contribution in [2.75, 3.05) is 18.6 Å². The molecule has 0 aromatic heterocycles. The number of imide groups is 2. The second-order valence-electron chi connectivity index (χ2n) is 8.17. The van der Waals surface area contributed by atoms with Crippen molar-refractivity contribution in [1.29, 1.82) is 0 Å². The molecule has 0 saturated carbocycles. The van der Waals surface area contributed by atoms with Crippen molar-refractivity contribution in [3.05, 3.63) is 91.9 Å². The number of barbiturate groups is 1. The van der Waals surface area contributed by atoms with Gasteiger partial charge in [-0.2, -0.15) is 0 Å². The first kappa shape index (κ1) is 28.1. The third-order valence-electron chi connectivity index (χ3n) is 5.59. The zero-order valence-electron chi connectivity index (χ0n) is 20.8. The van der Waals surface area contributed by atoms with E-state index < -0.39 is 23.8 Å². The standard InChI is InChI=1S/C28H22Br2N2O7/c1-3-38-23-14-17(13-22(30)24(23)39-15-16-4-8-19(29)9-5-16)12-21-25(33)31-28(36)32(26(21)34)20-10-6-18(7-11-20)27(35)37-2/h4-14H,3,15H2,1-2H3,(H,31,33,36)/b21-12+. The summed E-state index contributed by atoms with van der Waals surface area (Å²) in [5, 5.41) is 2.18. The minimum absolute atomic E-state index is 0.177. The lowest BCUT2D eigenvalue weighted by atomic mass is 10.1. The Morgan fingerprint density at radius 1 is 0.974 bits per heavy atom. The molecule has 1 heterocycles.